The highest BCUT2D eigenvalue weighted by atomic mass is 32.1. The molecule has 0 bridgehead atoms. The molecule has 4 nitrogen and oxygen atoms in total. The first-order chi connectivity index (χ1) is 9.16. The zero-order valence-electron chi connectivity index (χ0n) is 9.93. The van der Waals surface area contributed by atoms with Gasteiger partial charge in [-0.3, -0.25) is 4.79 Å². The Labute approximate surface area is 117 Å². The molecule has 6 heteroatoms. The fourth-order valence-corrected chi connectivity index (χ4v) is 4.20. The fourth-order valence-electron chi connectivity index (χ4n) is 2.29. The molecular formula is C13H11NO3S2. The predicted octanol–water partition coefficient (Wildman–Crippen LogP) is 3.25. The van der Waals surface area contributed by atoms with Crippen molar-refractivity contribution in [1.29, 1.82) is 0 Å². The van der Waals surface area contributed by atoms with Crippen molar-refractivity contribution >= 4 is 39.6 Å². The van der Waals surface area contributed by atoms with Crippen LogP contribution >= 0.6 is 22.7 Å². The van der Waals surface area contributed by atoms with Crippen molar-refractivity contribution in [1.82, 2.24) is 0 Å². The van der Waals surface area contributed by atoms with Crippen LogP contribution in [0.15, 0.2) is 16.8 Å². The second kappa shape index (κ2) is 4.79. The van der Waals surface area contributed by atoms with Crippen molar-refractivity contribution in [2.45, 2.75) is 19.3 Å². The van der Waals surface area contributed by atoms with Gasteiger partial charge in [-0.15, -0.1) is 11.3 Å². The van der Waals surface area contributed by atoms with E-state index in [1.807, 2.05) is 5.38 Å². The molecule has 0 atom stereocenters. The van der Waals surface area contributed by atoms with Crippen LogP contribution in [0.4, 0.5) is 5.00 Å². The predicted molar refractivity (Wildman–Crippen MR) is 75.6 cm³/mol. The first-order valence-electron chi connectivity index (χ1n) is 5.88. The lowest BCUT2D eigenvalue weighted by atomic mass is 10.1. The van der Waals surface area contributed by atoms with Gasteiger partial charge in [-0.05, 0) is 36.3 Å². The summed E-state index contributed by atoms with van der Waals surface area (Å²) in [5.41, 5.74) is 1.74. The van der Waals surface area contributed by atoms with Crippen molar-refractivity contribution in [2.24, 2.45) is 0 Å². The highest BCUT2D eigenvalue weighted by Crippen LogP contribution is 2.39. The van der Waals surface area contributed by atoms with E-state index in [1.54, 1.807) is 11.4 Å². The van der Waals surface area contributed by atoms with E-state index in [4.69, 9.17) is 0 Å². The number of anilines is 1. The Balaban J connectivity index is 1.93. The summed E-state index contributed by atoms with van der Waals surface area (Å²) in [7, 11) is 0. The highest BCUT2D eigenvalue weighted by molar-refractivity contribution is 7.17. The van der Waals surface area contributed by atoms with Gasteiger partial charge in [0, 0.05) is 10.3 Å². The summed E-state index contributed by atoms with van der Waals surface area (Å²) in [6, 6.07) is 1.72. The molecule has 2 heterocycles. The molecule has 0 unspecified atom stereocenters. The molecule has 1 aliphatic carbocycles. The molecule has 0 aliphatic heterocycles. The molecule has 0 fully saturated rings. The van der Waals surface area contributed by atoms with Crippen LogP contribution in [0.25, 0.3) is 0 Å². The number of aromatic carboxylic acids is 1. The zero-order chi connectivity index (χ0) is 13.4. The summed E-state index contributed by atoms with van der Waals surface area (Å²) in [4.78, 5) is 24.4. The van der Waals surface area contributed by atoms with E-state index in [0.717, 1.165) is 29.7 Å². The number of hydrogen-bond donors (Lipinski definition) is 2. The first-order valence-corrected chi connectivity index (χ1v) is 7.64. The smallest absolute Gasteiger partial charge is 0.339 e. The van der Waals surface area contributed by atoms with Crippen molar-refractivity contribution in [3.05, 3.63) is 38.4 Å². The minimum Gasteiger partial charge on any atom is -0.478 e. The average molecular weight is 293 g/mol. The maximum atomic E-state index is 12.0. The van der Waals surface area contributed by atoms with Crippen LogP contribution in [0.5, 0.6) is 0 Å². The van der Waals surface area contributed by atoms with E-state index in [1.165, 1.54) is 22.7 Å². The molecule has 2 N–H and O–H groups in total. The third-order valence-corrected chi connectivity index (χ3v) is 5.04. The van der Waals surface area contributed by atoms with E-state index in [2.05, 4.69) is 5.32 Å². The lowest BCUT2D eigenvalue weighted by Gasteiger charge is -2.03. The number of carbonyl (C=O) groups excluding carboxylic acids is 1. The topological polar surface area (TPSA) is 66.4 Å². The number of hydrogen-bond acceptors (Lipinski definition) is 4. The van der Waals surface area contributed by atoms with Crippen LogP contribution in [0, 0.1) is 0 Å². The molecular weight excluding hydrogens is 282 g/mol. The molecule has 0 radical (unpaired) electrons. The summed E-state index contributed by atoms with van der Waals surface area (Å²) in [5, 5.41) is 16.1. The molecule has 2 aromatic heterocycles. The second-order valence-corrected chi connectivity index (χ2v) is 6.22. The monoisotopic (exact) mass is 293 g/mol. The van der Waals surface area contributed by atoms with Gasteiger partial charge in [-0.1, -0.05) is 0 Å². The number of amides is 1. The molecule has 2 aromatic rings. The van der Waals surface area contributed by atoms with Gasteiger partial charge < -0.3 is 10.4 Å². The number of carboxylic acids is 1. The Hall–Kier alpha value is -1.66. The first kappa shape index (κ1) is 12.4. The van der Waals surface area contributed by atoms with E-state index >= 15 is 0 Å². The molecule has 0 saturated carbocycles. The summed E-state index contributed by atoms with van der Waals surface area (Å²) in [5.74, 6) is -1.20. The number of carbonyl (C=O) groups is 2. The Morgan fingerprint density at radius 1 is 1.32 bits per heavy atom. The van der Waals surface area contributed by atoms with Crippen LogP contribution in [-0.4, -0.2) is 17.0 Å². The highest BCUT2D eigenvalue weighted by Gasteiger charge is 2.27. The van der Waals surface area contributed by atoms with Crippen molar-refractivity contribution < 1.29 is 14.7 Å². The number of nitrogens with one attached hydrogen (secondary N) is 1. The third kappa shape index (κ3) is 2.17. The number of fused-ring (bicyclic) bond motifs is 1. The Morgan fingerprint density at radius 2 is 2.16 bits per heavy atom. The molecule has 19 heavy (non-hydrogen) atoms. The quantitative estimate of drug-likeness (QED) is 0.913. The van der Waals surface area contributed by atoms with Crippen LogP contribution < -0.4 is 5.32 Å². The number of rotatable bonds is 3. The van der Waals surface area contributed by atoms with Crippen molar-refractivity contribution in [2.75, 3.05) is 5.32 Å². The van der Waals surface area contributed by atoms with Crippen molar-refractivity contribution in [3.8, 4) is 0 Å². The van der Waals surface area contributed by atoms with E-state index < -0.39 is 5.97 Å². The van der Waals surface area contributed by atoms with Gasteiger partial charge in [0.1, 0.15) is 5.00 Å². The van der Waals surface area contributed by atoms with Gasteiger partial charge in [0.05, 0.1) is 11.1 Å². The summed E-state index contributed by atoms with van der Waals surface area (Å²) < 4.78 is 0. The van der Waals surface area contributed by atoms with Gasteiger partial charge in [-0.25, -0.2) is 4.79 Å². The molecule has 98 valence electrons. The normalized spacial score (nSPS) is 13.3. The van der Waals surface area contributed by atoms with Crippen LogP contribution in [0.3, 0.4) is 0 Å². The lowest BCUT2D eigenvalue weighted by molar-refractivity contribution is 0.0697. The van der Waals surface area contributed by atoms with Gasteiger partial charge in [-0.2, -0.15) is 11.3 Å². The van der Waals surface area contributed by atoms with Crippen molar-refractivity contribution in [3.63, 3.8) is 0 Å². The summed E-state index contributed by atoms with van der Waals surface area (Å²) in [6.45, 7) is 0. The van der Waals surface area contributed by atoms with E-state index in [0.29, 0.717) is 10.6 Å². The fraction of sp³-hybridized carbons (Fsp3) is 0.231. The molecule has 0 aromatic carbocycles. The van der Waals surface area contributed by atoms with Crippen LogP contribution in [0.2, 0.25) is 0 Å². The SMILES string of the molecule is O=C(Nc1sc2c(c1C(=O)O)CCC2)c1ccsc1. The molecule has 1 aliphatic rings. The minimum atomic E-state index is -0.958. The molecule has 0 spiro atoms. The Morgan fingerprint density at radius 3 is 2.84 bits per heavy atom. The molecule has 3 rings (SSSR count). The van der Waals surface area contributed by atoms with Gasteiger partial charge >= 0.3 is 5.97 Å². The summed E-state index contributed by atoms with van der Waals surface area (Å²) in [6.07, 6.45) is 2.70. The second-order valence-electron chi connectivity index (χ2n) is 4.33. The average Bonchev–Trinajstić information content (AvgIpc) is 3.03. The number of carboxylic acid groups (broad SMARTS) is 1. The minimum absolute atomic E-state index is 0.247. The standard InChI is InChI=1S/C13H11NO3S2/c15-11(7-4-5-18-6-7)14-12-10(13(16)17)8-2-1-3-9(8)19-12/h4-6H,1-3H2,(H,14,15)(H,16,17). The summed E-state index contributed by atoms with van der Waals surface area (Å²) >= 11 is 2.83. The number of aryl methyl sites for hydroxylation is 1. The molecule has 0 saturated heterocycles. The van der Waals surface area contributed by atoms with E-state index in [9.17, 15) is 14.7 Å². The largest absolute Gasteiger partial charge is 0.478 e. The van der Waals surface area contributed by atoms with Gasteiger partial charge in [0.15, 0.2) is 0 Å². The van der Waals surface area contributed by atoms with Crippen LogP contribution in [0.1, 0.15) is 37.6 Å². The molecule has 1 amide bonds. The zero-order valence-corrected chi connectivity index (χ0v) is 11.6. The van der Waals surface area contributed by atoms with Gasteiger partial charge in [0.2, 0.25) is 0 Å². The third-order valence-electron chi connectivity index (χ3n) is 3.15. The van der Waals surface area contributed by atoms with Crippen LogP contribution in [-0.2, 0) is 12.8 Å². The Kier molecular flexibility index (Phi) is 3.12. The Bertz CT molecular complexity index is 643. The maximum absolute atomic E-state index is 12.0. The van der Waals surface area contributed by atoms with E-state index in [-0.39, 0.29) is 11.5 Å². The number of thiophene rings is 2. The maximum Gasteiger partial charge on any atom is 0.339 e. The van der Waals surface area contributed by atoms with Gasteiger partial charge in [0.25, 0.3) is 5.91 Å². The lowest BCUT2D eigenvalue weighted by Crippen LogP contribution is -2.13.